The van der Waals surface area contributed by atoms with Crippen molar-refractivity contribution in [3.8, 4) is 0 Å². The van der Waals surface area contributed by atoms with Crippen LogP contribution in [0.15, 0.2) is 30.5 Å². The van der Waals surface area contributed by atoms with E-state index in [2.05, 4.69) is 11.1 Å². The van der Waals surface area contributed by atoms with E-state index in [1.54, 1.807) is 6.20 Å². The molecule has 0 fully saturated rings. The molecular formula is C15H18N2O. The summed E-state index contributed by atoms with van der Waals surface area (Å²) in [6.07, 6.45) is 0.930. The molecule has 0 saturated heterocycles. The molecule has 0 aliphatic carbocycles. The van der Waals surface area contributed by atoms with E-state index in [0.717, 1.165) is 22.3 Å². The summed E-state index contributed by atoms with van der Waals surface area (Å²) in [4.78, 5) is 4.05. The zero-order valence-corrected chi connectivity index (χ0v) is 10.9. The van der Waals surface area contributed by atoms with Crippen LogP contribution in [-0.4, -0.2) is 10.1 Å². The predicted molar refractivity (Wildman–Crippen MR) is 73.4 cm³/mol. The highest BCUT2D eigenvalue weighted by Gasteiger charge is 2.17. The Morgan fingerprint density at radius 2 is 1.72 bits per heavy atom. The summed E-state index contributed by atoms with van der Waals surface area (Å²) in [5, 5.41) is 10.5. The van der Waals surface area contributed by atoms with Crippen LogP contribution >= 0.6 is 0 Å². The van der Waals surface area contributed by atoms with Gasteiger partial charge in [-0.2, -0.15) is 0 Å². The largest absolute Gasteiger partial charge is 0.384 e. The van der Waals surface area contributed by atoms with Crippen LogP contribution in [0.2, 0.25) is 0 Å². The number of hydrogen-bond donors (Lipinski definition) is 2. The van der Waals surface area contributed by atoms with E-state index in [1.165, 1.54) is 0 Å². The smallest absolute Gasteiger partial charge is 0.129 e. The Balaban J connectivity index is 2.51. The Hall–Kier alpha value is -1.87. The number of rotatable bonds is 2. The minimum atomic E-state index is -0.725. The van der Waals surface area contributed by atoms with E-state index >= 15 is 0 Å². The molecule has 1 aromatic carbocycles. The normalized spacial score (nSPS) is 12.4. The highest BCUT2D eigenvalue weighted by atomic mass is 16.3. The number of aliphatic hydroxyl groups is 1. The maximum absolute atomic E-state index is 10.5. The Morgan fingerprint density at radius 3 is 2.28 bits per heavy atom. The van der Waals surface area contributed by atoms with Crippen LogP contribution in [-0.2, 0) is 0 Å². The van der Waals surface area contributed by atoms with E-state index < -0.39 is 6.10 Å². The zero-order valence-electron chi connectivity index (χ0n) is 10.9. The number of aryl methyl sites for hydroxylation is 3. The van der Waals surface area contributed by atoms with Gasteiger partial charge in [0.15, 0.2) is 0 Å². The molecular weight excluding hydrogens is 224 g/mol. The lowest BCUT2D eigenvalue weighted by molar-refractivity contribution is 0.220. The molecule has 94 valence electrons. The number of benzene rings is 1. The SMILES string of the molecule is Cc1cc(C)cc(C(O)c2c(C)ccnc2N)c1. The van der Waals surface area contributed by atoms with Gasteiger partial charge in [0.25, 0.3) is 0 Å². The third-order valence-electron chi connectivity index (χ3n) is 3.07. The number of nitrogen functional groups attached to an aromatic ring is 1. The van der Waals surface area contributed by atoms with Crippen LogP contribution in [0.3, 0.4) is 0 Å². The van der Waals surface area contributed by atoms with Gasteiger partial charge in [0.1, 0.15) is 11.9 Å². The predicted octanol–water partition coefficient (Wildman–Crippen LogP) is 2.67. The number of anilines is 1. The minimum Gasteiger partial charge on any atom is -0.384 e. The van der Waals surface area contributed by atoms with Crippen molar-refractivity contribution >= 4 is 5.82 Å². The Kier molecular flexibility index (Phi) is 3.34. The lowest BCUT2D eigenvalue weighted by Crippen LogP contribution is -2.08. The van der Waals surface area contributed by atoms with E-state index in [4.69, 9.17) is 5.73 Å². The van der Waals surface area contributed by atoms with Gasteiger partial charge < -0.3 is 10.8 Å². The lowest BCUT2D eigenvalue weighted by atomic mass is 9.96. The van der Waals surface area contributed by atoms with E-state index in [0.29, 0.717) is 11.4 Å². The third kappa shape index (κ3) is 2.36. The Bertz CT molecular complexity index is 538. The summed E-state index contributed by atoms with van der Waals surface area (Å²) in [6.45, 7) is 5.96. The maximum atomic E-state index is 10.5. The van der Waals surface area contributed by atoms with Crippen LogP contribution in [0.1, 0.15) is 33.9 Å². The van der Waals surface area contributed by atoms with Crippen molar-refractivity contribution in [1.29, 1.82) is 0 Å². The first-order valence-corrected chi connectivity index (χ1v) is 5.96. The number of hydrogen-bond acceptors (Lipinski definition) is 3. The Labute approximate surface area is 107 Å². The molecule has 0 bridgehead atoms. The molecule has 0 saturated carbocycles. The summed E-state index contributed by atoms with van der Waals surface area (Å²) >= 11 is 0. The molecule has 2 aromatic rings. The number of aliphatic hydroxyl groups excluding tert-OH is 1. The first-order chi connectivity index (χ1) is 8.49. The van der Waals surface area contributed by atoms with Crippen molar-refractivity contribution in [2.24, 2.45) is 0 Å². The molecule has 0 aliphatic heterocycles. The first kappa shape index (κ1) is 12.6. The molecule has 1 heterocycles. The number of aromatic nitrogens is 1. The number of nitrogens with two attached hydrogens (primary N) is 1. The van der Waals surface area contributed by atoms with Gasteiger partial charge in [-0.05, 0) is 38.0 Å². The maximum Gasteiger partial charge on any atom is 0.129 e. The molecule has 0 aliphatic rings. The molecule has 18 heavy (non-hydrogen) atoms. The summed E-state index contributed by atoms with van der Waals surface area (Å²) in [7, 11) is 0. The molecule has 0 radical (unpaired) electrons. The summed E-state index contributed by atoms with van der Waals surface area (Å²) in [6, 6.07) is 7.89. The monoisotopic (exact) mass is 242 g/mol. The molecule has 0 spiro atoms. The van der Waals surface area contributed by atoms with Gasteiger partial charge in [-0.25, -0.2) is 4.98 Å². The highest BCUT2D eigenvalue weighted by Crippen LogP contribution is 2.29. The average Bonchev–Trinajstić information content (AvgIpc) is 2.27. The molecule has 3 N–H and O–H groups in total. The molecule has 3 nitrogen and oxygen atoms in total. The molecule has 0 amide bonds. The number of nitrogens with zero attached hydrogens (tertiary/aromatic N) is 1. The van der Waals surface area contributed by atoms with Gasteiger partial charge >= 0.3 is 0 Å². The van der Waals surface area contributed by atoms with Crippen LogP contribution < -0.4 is 5.73 Å². The molecule has 2 rings (SSSR count). The van der Waals surface area contributed by atoms with Gasteiger partial charge in [0.05, 0.1) is 0 Å². The van der Waals surface area contributed by atoms with Crippen LogP contribution in [0.25, 0.3) is 0 Å². The fourth-order valence-corrected chi connectivity index (χ4v) is 2.28. The van der Waals surface area contributed by atoms with Crippen LogP contribution in [0.4, 0.5) is 5.82 Å². The lowest BCUT2D eigenvalue weighted by Gasteiger charge is -2.16. The minimum absolute atomic E-state index is 0.390. The topological polar surface area (TPSA) is 59.1 Å². The molecule has 3 heteroatoms. The van der Waals surface area contributed by atoms with Crippen LogP contribution in [0, 0.1) is 20.8 Å². The number of pyridine rings is 1. The standard InChI is InChI=1S/C15H18N2O/c1-9-6-10(2)8-12(7-9)14(18)13-11(3)4-5-17-15(13)16/h4-8,14,18H,1-3H3,(H2,16,17). The van der Waals surface area contributed by atoms with Crippen molar-refractivity contribution < 1.29 is 5.11 Å². The van der Waals surface area contributed by atoms with Crippen molar-refractivity contribution in [2.75, 3.05) is 5.73 Å². The quantitative estimate of drug-likeness (QED) is 0.851. The second kappa shape index (κ2) is 4.78. The van der Waals surface area contributed by atoms with Gasteiger partial charge in [-0.1, -0.05) is 29.3 Å². The van der Waals surface area contributed by atoms with E-state index in [-0.39, 0.29) is 0 Å². The van der Waals surface area contributed by atoms with Gasteiger partial charge in [-0.15, -0.1) is 0 Å². The van der Waals surface area contributed by atoms with Gasteiger partial charge in [0, 0.05) is 11.8 Å². The van der Waals surface area contributed by atoms with Crippen molar-refractivity contribution in [1.82, 2.24) is 4.98 Å². The highest BCUT2D eigenvalue weighted by molar-refractivity contribution is 5.49. The summed E-state index contributed by atoms with van der Waals surface area (Å²) < 4.78 is 0. The first-order valence-electron chi connectivity index (χ1n) is 5.96. The summed E-state index contributed by atoms with van der Waals surface area (Å²) in [5.41, 5.74) is 10.6. The zero-order chi connectivity index (χ0) is 13.3. The van der Waals surface area contributed by atoms with Crippen LogP contribution in [0.5, 0.6) is 0 Å². The van der Waals surface area contributed by atoms with E-state index in [9.17, 15) is 5.11 Å². The fourth-order valence-electron chi connectivity index (χ4n) is 2.28. The van der Waals surface area contributed by atoms with Gasteiger partial charge in [0.2, 0.25) is 0 Å². The second-order valence-electron chi connectivity index (χ2n) is 4.75. The van der Waals surface area contributed by atoms with Crippen molar-refractivity contribution in [2.45, 2.75) is 26.9 Å². The fraction of sp³-hybridized carbons (Fsp3) is 0.267. The van der Waals surface area contributed by atoms with Crippen molar-refractivity contribution in [3.63, 3.8) is 0 Å². The van der Waals surface area contributed by atoms with Gasteiger partial charge in [-0.3, -0.25) is 0 Å². The molecule has 1 aromatic heterocycles. The average molecular weight is 242 g/mol. The third-order valence-corrected chi connectivity index (χ3v) is 3.07. The molecule has 1 unspecified atom stereocenters. The van der Waals surface area contributed by atoms with Crippen molar-refractivity contribution in [3.05, 3.63) is 58.3 Å². The van der Waals surface area contributed by atoms with E-state index in [1.807, 2.05) is 39.0 Å². The Morgan fingerprint density at radius 1 is 1.11 bits per heavy atom. The summed E-state index contributed by atoms with van der Waals surface area (Å²) in [5.74, 6) is 0.390. The molecule has 1 atom stereocenters. The second-order valence-corrected chi connectivity index (χ2v) is 4.75.